The number of hydrogen-bond acceptors (Lipinski definition) is 5. The minimum absolute atomic E-state index is 0.0898. The molecule has 7 nitrogen and oxygen atoms in total. The van der Waals surface area contributed by atoms with E-state index < -0.39 is 10.8 Å². The van der Waals surface area contributed by atoms with Crippen LogP contribution < -0.4 is 10.1 Å². The third kappa shape index (κ3) is 3.67. The number of nitro groups is 1. The van der Waals surface area contributed by atoms with Crippen LogP contribution in [0.25, 0.3) is 0 Å². The van der Waals surface area contributed by atoms with E-state index in [1.807, 2.05) is 6.07 Å². The van der Waals surface area contributed by atoms with Crippen molar-refractivity contribution in [2.24, 2.45) is 5.92 Å². The summed E-state index contributed by atoms with van der Waals surface area (Å²) in [5.41, 5.74) is -0.124. The maximum atomic E-state index is 11.8. The predicted octanol–water partition coefficient (Wildman–Crippen LogP) is 1.49. The van der Waals surface area contributed by atoms with E-state index in [0.717, 1.165) is 6.07 Å². The Bertz CT molecular complexity index is 536. The third-order valence-corrected chi connectivity index (χ3v) is 2.43. The topological polar surface area (TPSA) is 105 Å². The number of carbonyl (C=O) groups is 1. The number of carbonyl (C=O) groups excluding carboxylic acids is 1. The largest absolute Gasteiger partial charge is 0.490 e. The Morgan fingerprint density at radius 1 is 1.63 bits per heavy atom. The number of nitrogens with zero attached hydrogens (tertiary/aromatic N) is 2. The molecule has 1 aromatic rings. The summed E-state index contributed by atoms with van der Waals surface area (Å²) in [5.74, 6) is -0.697. The summed E-state index contributed by atoms with van der Waals surface area (Å²) < 4.78 is 4.84. The van der Waals surface area contributed by atoms with E-state index in [2.05, 4.69) is 5.32 Å². The number of benzene rings is 1. The third-order valence-electron chi connectivity index (χ3n) is 2.43. The zero-order valence-corrected chi connectivity index (χ0v) is 10.5. The molecule has 0 saturated carbocycles. The van der Waals surface area contributed by atoms with Gasteiger partial charge in [-0.15, -0.1) is 0 Å². The highest BCUT2D eigenvalue weighted by molar-refractivity contribution is 5.95. The molecule has 0 fully saturated rings. The van der Waals surface area contributed by atoms with Gasteiger partial charge < -0.3 is 10.1 Å². The van der Waals surface area contributed by atoms with Crippen LogP contribution in [0.15, 0.2) is 18.2 Å². The molecular formula is C12H13N3O4. The fraction of sp³-hybridized carbons (Fsp3) is 0.333. The Balaban J connectivity index is 2.90. The van der Waals surface area contributed by atoms with Gasteiger partial charge in [0.2, 0.25) is 0 Å². The maximum Gasteiger partial charge on any atom is 0.311 e. The van der Waals surface area contributed by atoms with Crippen LogP contribution in [0.1, 0.15) is 17.3 Å². The van der Waals surface area contributed by atoms with Crippen LogP contribution in [0.3, 0.4) is 0 Å². The molecule has 0 bridgehead atoms. The van der Waals surface area contributed by atoms with Crippen LogP contribution in [0.5, 0.6) is 5.75 Å². The van der Waals surface area contributed by atoms with Crippen molar-refractivity contribution in [3.63, 3.8) is 0 Å². The molecule has 0 spiro atoms. The van der Waals surface area contributed by atoms with Crippen LogP contribution in [-0.2, 0) is 0 Å². The number of nitro benzene ring substituents is 1. The van der Waals surface area contributed by atoms with Gasteiger partial charge in [-0.3, -0.25) is 14.9 Å². The average molecular weight is 263 g/mol. The fourth-order valence-electron chi connectivity index (χ4n) is 1.37. The van der Waals surface area contributed by atoms with Gasteiger partial charge in [0.15, 0.2) is 5.75 Å². The molecule has 1 amide bonds. The second kappa shape index (κ2) is 6.35. The fourth-order valence-corrected chi connectivity index (χ4v) is 1.37. The first-order chi connectivity index (χ1) is 8.99. The molecule has 0 saturated heterocycles. The van der Waals surface area contributed by atoms with Crippen molar-refractivity contribution < 1.29 is 14.5 Å². The van der Waals surface area contributed by atoms with Crippen molar-refractivity contribution in [2.45, 2.75) is 6.92 Å². The molecule has 0 radical (unpaired) electrons. The van der Waals surface area contributed by atoms with E-state index in [9.17, 15) is 14.9 Å². The number of methoxy groups -OCH3 is 1. The molecule has 0 aliphatic rings. The first-order valence-corrected chi connectivity index (χ1v) is 5.49. The standard InChI is InChI=1S/C12H13N3O4/c1-8(6-13)7-14-12(16)9-3-4-11(19-2)10(5-9)15(17)18/h3-5,8H,7H2,1-2H3,(H,14,16). The van der Waals surface area contributed by atoms with Crippen molar-refractivity contribution >= 4 is 11.6 Å². The van der Waals surface area contributed by atoms with Crippen molar-refractivity contribution in [2.75, 3.05) is 13.7 Å². The van der Waals surface area contributed by atoms with Gasteiger partial charge in [-0.05, 0) is 19.1 Å². The quantitative estimate of drug-likeness (QED) is 0.640. The Morgan fingerprint density at radius 2 is 2.32 bits per heavy atom. The van der Waals surface area contributed by atoms with Crippen molar-refractivity contribution in [3.05, 3.63) is 33.9 Å². The molecule has 1 rings (SSSR count). The lowest BCUT2D eigenvalue weighted by atomic mass is 10.1. The van der Waals surface area contributed by atoms with Crippen molar-refractivity contribution in [3.8, 4) is 11.8 Å². The van der Waals surface area contributed by atoms with Crippen LogP contribution >= 0.6 is 0 Å². The van der Waals surface area contributed by atoms with Crippen LogP contribution in [0, 0.1) is 27.4 Å². The lowest BCUT2D eigenvalue weighted by Crippen LogP contribution is -2.27. The van der Waals surface area contributed by atoms with Crippen LogP contribution in [0.4, 0.5) is 5.69 Å². The molecule has 1 unspecified atom stereocenters. The molecular weight excluding hydrogens is 250 g/mol. The summed E-state index contributed by atoms with van der Waals surface area (Å²) in [5, 5.41) is 21.9. The number of hydrogen-bond donors (Lipinski definition) is 1. The SMILES string of the molecule is COc1ccc(C(=O)NCC(C)C#N)cc1[N+](=O)[O-]. The molecule has 1 atom stereocenters. The average Bonchev–Trinajstić information content (AvgIpc) is 2.43. The molecule has 100 valence electrons. The molecule has 0 aliphatic carbocycles. The molecule has 1 N–H and O–H groups in total. The van der Waals surface area contributed by atoms with E-state index in [1.54, 1.807) is 6.92 Å². The normalized spacial score (nSPS) is 11.2. The van der Waals surface area contributed by atoms with Gasteiger partial charge in [0.1, 0.15) is 0 Å². The van der Waals surface area contributed by atoms with Gasteiger partial charge >= 0.3 is 5.69 Å². The van der Waals surface area contributed by atoms with Gasteiger partial charge in [0.25, 0.3) is 5.91 Å². The zero-order valence-electron chi connectivity index (χ0n) is 10.5. The number of amides is 1. The lowest BCUT2D eigenvalue weighted by molar-refractivity contribution is -0.385. The van der Waals surface area contributed by atoms with Crippen LogP contribution in [-0.4, -0.2) is 24.5 Å². The van der Waals surface area contributed by atoms with E-state index in [4.69, 9.17) is 10.00 Å². The highest BCUT2D eigenvalue weighted by atomic mass is 16.6. The van der Waals surface area contributed by atoms with E-state index in [1.165, 1.54) is 19.2 Å². The molecule has 0 aliphatic heterocycles. The van der Waals surface area contributed by atoms with Crippen molar-refractivity contribution in [1.29, 1.82) is 5.26 Å². The monoisotopic (exact) mass is 263 g/mol. The van der Waals surface area contributed by atoms with Gasteiger partial charge in [-0.1, -0.05) is 0 Å². The molecule has 7 heteroatoms. The first kappa shape index (κ1) is 14.4. The predicted molar refractivity (Wildman–Crippen MR) is 66.8 cm³/mol. The van der Waals surface area contributed by atoms with Gasteiger partial charge in [-0.2, -0.15) is 5.26 Å². The Kier molecular flexibility index (Phi) is 4.83. The molecule has 1 aromatic carbocycles. The summed E-state index contributed by atoms with van der Waals surface area (Å²) in [6.07, 6.45) is 0. The second-order valence-electron chi connectivity index (χ2n) is 3.88. The van der Waals surface area contributed by atoms with E-state index in [0.29, 0.717) is 0 Å². The Hall–Kier alpha value is -2.62. The highest BCUT2D eigenvalue weighted by Crippen LogP contribution is 2.27. The molecule has 0 heterocycles. The lowest BCUT2D eigenvalue weighted by Gasteiger charge is -2.07. The van der Waals surface area contributed by atoms with Crippen molar-refractivity contribution in [1.82, 2.24) is 5.32 Å². The highest BCUT2D eigenvalue weighted by Gasteiger charge is 2.18. The first-order valence-electron chi connectivity index (χ1n) is 5.49. The molecule has 0 aromatic heterocycles. The molecule has 19 heavy (non-hydrogen) atoms. The minimum atomic E-state index is -0.618. The van der Waals surface area contributed by atoms with E-state index >= 15 is 0 Å². The Labute approximate surface area is 109 Å². The second-order valence-corrected chi connectivity index (χ2v) is 3.88. The summed E-state index contributed by atoms with van der Waals surface area (Å²) in [7, 11) is 1.32. The zero-order chi connectivity index (χ0) is 14.4. The number of nitriles is 1. The summed E-state index contributed by atoms with van der Waals surface area (Å²) >= 11 is 0. The van der Waals surface area contributed by atoms with Crippen LogP contribution in [0.2, 0.25) is 0 Å². The summed E-state index contributed by atoms with van der Waals surface area (Å²) in [4.78, 5) is 22.0. The Morgan fingerprint density at radius 3 is 2.84 bits per heavy atom. The smallest absolute Gasteiger partial charge is 0.311 e. The summed E-state index contributed by atoms with van der Waals surface area (Å²) in [6.45, 7) is 1.85. The maximum absolute atomic E-state index is 11.8. The number of ether oxygens (including phenoxy) is 1. The van der Waals surface area contributed by atoms with Gasteiger partial charge in [0.05, 0.1) is 24.0 Å². The number of nitrogens with one attached hydrogen (secondary N) is 1. The minimum Gasteiger partial charge on any atom is -0.490 e. The van der Waals surface area contributed by atoms with E-state index in [-0.39, 0.29) is 29.5 Å². The van der Waals surface area contributed by atoms with Gasteiger partial charge in [-0.25, -0.2) is 0 Å². The number of rotatable bonds is 5. The van der Waals surface area contributed by atoms with Gasteiger partial charge in [0, 0.05) is 18.2 Å². The summed E-state index contributed by atoms with van der Waals surface area (Å²) in [6, 6.07) is 5.91.